The highest BCUT2D eigenvalue weighted by molar-refractivity contribution is 5.76. The third-order valence-electron chi connectivity index (χ3n) is 2.48. The SMILES string of the molecule is CNCCC(=O)N1CCOC(CC(=O)O)C1. The van der Waals surface area contributed by atoms with Gasteiger partial charge in [-0.15, -0.1) is 0 Å². The van der Waals surface area contributed by atoms with E-state index in [4.69, 9.17) is 9.84 Å². The highest BCUT2D eigenvalue weighted by Gasteiger charge is 2.25. The van der Waals surface area contributed by atoms with Gasteiger partial charge in [0, 0.05) is 26.1 Å². The fourth-order valence-electron chi connectivity index (χ4n) is 1.65. The van der Waals surface area contributed by atoms with Crippen LogP contribution in [-0.2, 0) is 14.3 Å². The Morgan fingerprint density at radius 1 is 1.56 bits per heavy atom. The summed E-state index contributed by atoms with van der Waals surface area (Å²) in [4.78, 5) is 23.9. The minimum Gasteiger partial charge on any atom is -0.481 e. The van der Waals surface area contributed by atoms with Gasteiger partial charge < -0.3 is 20.1 Å². The van der Waals surface area contributed by atoms with Crippen LogP contribution in [0.25, 0.3) is 0 Å². The van der Waals surface area contributed by atoms with E-state index in [0.717, 1.165) is 0 Å². The number of ether oxygens (including phenoxy) is 1. The first-order chi connectivity index (χ1) is 7.63. The van der Waals surface area contributed by atoms with Crippen LogP contribution >= 0.6 is 0 Å². The van der Waals surface area contributed by atoms with Crippen molar-refractivity contribution in [2.45, 2.75) is 18.9 Å². The second-order valence-corrected chi connectivity index (χ2v) is 3.78. The summed E-state index contributed by atoms with van der Waals surface area (Å²) in [5.41, 5.74) is 0. The summed E-state index contributed by atoms with van der Waals surface area (Å²) in [7, 11) is 1.79. The van der Waals surface area contributed by atoms with Crippen molar-refractivity contribution < 1.29 is 19.4 Å². The summed E-state index contributed by atoms with van der Waals surface area (Å²) in [6.07, 6.45) is 0.0244. The van der Waals surface area contributed by atoms with Crippen molar-refractivity contribution in [1.82, 2.24) is 10.2 Å². The molecule has 1 aliphatic rings. The van der Waals surface area contributed by atoms with E-state index in [1.165, 1.54) is 0 Å². The van der Waals surface area contributed by atoms with E-state index >= 15 is 0 Å². The molecule has 0 aliphatic carbocycles. The number of hydrogen-bond acceptors (Lipinski definition) is 4. The first-order valence-corrected chi connectivity index (χ1v) is 5.39. The second-order valence-electron chi connectivity index (χ2n) is 3.78. The Hall–Kier alpha value is -1.14. The quantitative estimate of drug-likeness (QED) is 0.653. The molecule has 0 radical (unpaired) electrons. The molecule has 1 saturated heterocycles. The lowest BCUT2D eigenvalue weighted by molar-refractivity contribution is -0.147. The lowest BCUT2D eigenvalue weighted by atomic mass is 10.2. The molecule has 1 aliphatic heterocycles. The first kappa shape index (κ1) is 12.9. The predicted octanol–water partition coefficient (Wildman–Crippen LogP) is -0.702. The highest BCUT2D eigenvalue weighted by atomic mass is 16.5. The molecule has 6 heteroatoms. The average Bonchev–Trinajstić information content (AvgIpc) is 2.25. The van der Waals surface area contributed by atoms with E-state index in [2.05, 4.69) is 5.32 Å². The zero-order valence-electron chi connectivity index (χ0n) is 9.44. The number of amides is 1. The summed E-state index contributed by atoms with van der Waals surface area (Å²) in [5.74, 6) is -0.845. The molecular weight excluding hydrogens is 212 g/mol. The highest BCUT2D eigenvalue weighted by Crippen LogP contribution is 2.09. The molecule has 0 spiro atoms. The fraction of sp³-hybridized carbons (Fsp3) is 0.800. The van der Waals surface area contributed by atoms with Crippen LogP contribution in [0.1, 0.15) is 12.8 Å². The van der Waals surface area contributed by atoms with Crippen molar-refractivity contribution in [2.75, 3.05) is 33.3 Å². The van der Waals surface area contributed by atoms with Gasteiger partial charge in [0.05, 0.1) is 19.1 Å². The molecule has 0 saturated carbocycles. The number of aliphatic carboxylic acids is 1. The largest absolute Gasteiger partial charge is 0.481 e. The third-order valence-corrected chi connectivity index (χ3v) is 2.48. The Morgan fingerprint density at radius 2 is 2.31 bits per heavy atom. The van der Waals surface area contributed by atoms with Crippen LogP contribution in [0.3, 0.4) is 0 Å². The summed E-state index contributed by atoms with van der Waals surface area (Å²) in [6.45, 7) is 2.00. The Bertz CT molecular complexity index is 257. The number of morpholine rings is 1. The monoisotopic (exact) mass is 230 g/mol. The smallest absolute Gasteiger partial charge is 0.306 e. The number of nitrogens with zero attached hydrogens (tertiary/aromatic N) is 1. The Morgan fingerprint density at radius 3 is 2.94 bits per heavy atom. The maximum atomic E-state index is 11.7. The normalized spacial score (nSPS) is 20.8. The van der Waals surface area contributed by atoms with Gasteiger partial charge in [-0.05, 0) is 7.05 Å². The van der Waals surface area contributed by atoms with Crippen molar-refractivity contribution in [3.63, 3.8) is 0 Å². The molecule has 1 rings (SSSR count). The van der Waals surface area contributed by atoms with E-state index in [9.17, 15) is 9.59 Å². The maximum Gasteiger partial charge on any atom is 0.306 e. The summed E-state index contributed by atoms with van der Waals surface area (Å²) in [5, 5.41) is 11.5. The van der Waals surface area contributed by atoms with Crippen molar-refractivity contribution >= 4 is 11.9 Å². The van der Waals surface area contributed by atoms with Crippen molar-refractivity contribution in [3.8, 4) is 0 Å². The summed E-state index contributed by atoms with van der Waals surface area (Å²) < 4.78 is 5.28. The van der Waals surface area contributed by atoms with Crippen LogP contribution in [0.15, 0.2) is 0 Å². The molecule has 16 heavy (non-hydrogen) atoms. The van der Waals surface area contributed by atoms with Crippen LogP contribution in [0.4, 0.5) is 0 Å². The van der Waals surface area contributed by atoms with Crippen molar-refractivity contribution in [2.24, 2.45) is 0 Å². The zero-order valence-corrected chi connectivity index (χ0v) is 9.44. The van der Waals surface area contributed by atoms with Gasteiger partial charge in [-0.2, -0.15) is 0 Å². The van der Waals surface area contributed by atoms with Gasteiger partial charge in [0.25, 0.3) is 0 Å². The Labute approximate surface area is 94.6 Å². The van der Waals surface area contributed by atoms with Gasteiger partial charge in [-0.3, -0.25) is 9.59 Å². The standard InChI is InChI=1S/C10H18N2O4/c1-11-3-2-9(13)12-4-5-16-8(7-12)6-10(14)15/h8,11H,2-7H2,1H3,(H,14,15). The molecule has 0 aromatic heterocycles. The van der Waals surface area contributed by atoms with Gasteiger partial charge in [0.1, 0.15) is 0 Å². The van der Waals surface area contributed by atoms with Gasteiger partial charge in [0.2, 0.25) is 5.91 Å². The number of hydrogen-bond donors (Lipinski definition) is 2. The van der Waals surface area contributed by atoms with Crippen molar-refractivity contribution in [1.29, 1.82) is 0 Å². The molecule has 2 N–H and O–H groups in total. The minimum absolute atomic E-state index is 0.0458. The molecule has 0 aromatic carbocycles. The molecule has 92 valence electrons. The second kappa shape index (κ2) is 6.44. The van der Waals surface area contributed by atoms with E-state index < -0.39 is 5.97 Å². The lowest BCUT2D eigenvalue weighted by Gasteiger charge is -2.32. The lowest BCUT2D eigenvalue weighted by Crippen LogP contribution is -2.46. The fourth-order valence-corrected chi connectivity index (χ4v) is 1.65. The average molecular weight is 230 g/mol. The molecule has 1 atom stereocenters. The topological polar surface area (TPSA) is 78.9 Å². The molecule has 1 amide bonds. The van der Waals surface area contributed by atoms with Crippen LogP contribution < -0.4 is 5.32 Å². The predicted molar refractivity (Wildman–Crippen MR) is 57.1 cm³/mol. The zero-order chi connectivity index (χ0) is 12.0. The van der Waals surface area contributed by atoms with Gasteiger partial charge in [-0.1, -0.05) is 0 Å². The molecule has 1 heterocycles. The number of carboxylic acids is 1. The van der Waals surface area contributed by atoms with Crippen LogP contribution in [0.2, 0.25) is 0 Å². The first-order valence-electron chi connectivity index (χ1n) is 5.39. The van der Waals surface area contributed by atoms with Gasteiger partial charge in [0.15, 0.2) is 0 Å². The van der Waals surface area contributed by atoms with E-state index in [0.29, 0.717) is 32.7 Å². The molecule has 1 fully saturated rings. The number of carboxylic acid groups (broad SMARTS) is 1. The van der Waals surface area contributed by atoms with Crippen LogP contribution in [-0.4, -0.2) is 61.3 Å². The third kappa shape index (κ3) is 4.16. The maximum absolute atomic E-state index is 11.7. The molecule has 6 nitrogen and oxygen atoms in total. The van der Waals surface area contributed by atoms with Crippen LogP contribution in [0.5, 0.6) is 0 Å². The van der Waals surface area contributed by atoms with Crippen molar-refractivity contribution in [3.05, 3.63) is 0 Å². The minimum atomic E-state index is -0.894. The number of rotatable bonds is 5. The van der Waals surface area contributed by atoms with E-state index in [-0.39, 0.29) is 18.4 Å². The van der Waals surface area contributed by atoms with Gasteiger partial charge in [-0.25, -0.2) is 0 Å². The number of carbonyl (C=O) groups is 2. The number of nitrogens with one attached hydrogen (secondary N) is 1. The molecule has 1 unspecified atom stereocenters. The van der Waals surface area contributed by atoms with Crippen LogP contribution in [0, 0.1) is 0 Å². The number of carbonyl (C=O) groups excluding carboxylic acids is 1. The Kier molecular flexibility index (Phi) is 5.21. The molecule has 0 bridgehead atoms. The molecular formula is C10H18N2O4. The van der Waals surface area contributed by atoms with Gasteiger partial charge >= 0.3 is 5.97 Å². The van der Waals surface area contributed by atoms with E-state index in [1.807, 2.05) is 0 Å². The van der Waals surface area contributed by atoms with E-state index in [1.54, 1.807) is 11.9 Å². The summed E-state index contributed by atoms with van der Waals surface area (Å²) >= 11 is 0. The Balaban J connectivity index is 2.37. The summed E-state index contributed by atoms with van der Waals surface area (Å²) in [6, 6.07) is 0. The molecule has 0 aromatic rings.